The Kier molecular flexibility index (Phi) is 4.69. The lowest BCUT2D eigenvalue weighted by molar-refractivity contribution is -0.139. The molecule has 6 nitrogen and oxygen atoms in total. The van der Waals surface area contributed by atoms with Crippen LogP contribution < -0.4 is 4.74 Å². The van der Waals surface area contributed by atoms with Gasteiger partial charge in [-0.3, -0.25) is 9.55 Å². The number of imidazole rings is 1. The molecule has 0 atom stereocenters. The van der Waals surface area contributed by atoms with Crippen LogP contribution in [0.15, 0.2) is 46.0 Å². The Morgan fingerprint density at radius 3 is 2.76 bits per heavy atom. The Morgan fingerprint density at radius 2 is 2.07 bits per heavy atom. The first kappa shape index (κ1) is 19.9. The van der Waals surface area contributed by atoms with Gasteiger partial charge in [-0.1, -0.05) is 13.0 Å². The number of halogens is 4. The molecule has 1 aromatic carbocycles. The minimum atomic E-state index is -4.57. The van der Waals surface area contributed by atoms with Gasteiger partial charge >= 0.3 is 6.18 Å². The summed E-state index contributed by atoms with van der Waals surface area (Å²) in [5, 5.41) is 0. The van der Waals surface area contributed by atoms with E-state index in [1.165, 1.54) is 42.1 Å². The average Bonchev–Trinajstić information content (AvgIpc) is 3.11. The average molecular weight is 488 g/mol. The number of ether oxygens (including phenoxy) is 1. The predicted octanol–water partition coefficient (Wildman–Crippen LogP) is 4.40. The number of sulfone groups is 1. The van der Waals surface area contributed by atoms with E-state index in [0.717, 1.165) is 6.07 Å². The molecule has 0 amide bonds. The maximum absolute atomic E-state index is 13.3. The van der Waals surface area contributed by atoms with E-state index in [1.807, 2.05) is 0 Å². The first-order valence-corrected chi connectivity index (χ1v) is 10.9. The summed E-state index contributed by atoms with van der Waals surface area (Å²) in [6, 6.07) is 5.15. The molecule has 3 heterocycles. The summed E-state index contributed by atoms with van der Waals surface area (Å²) in [6.45, 7) is 1.33. The van der Waals surface area contributed by atoms with Gasteiger partial charge in [0.15, 0.2) is 21.4 Å². The van der Waals surface area contributed by atoms with Gasteiger partial charge in [0.25, 0.3) is 0 Å². The molecule has 0 spiro atoms. The minimum absolute atomic E-state index is 0.00462. The number of nitrogens with zero attached hydrogens (tertiary/aromatic N) is 3. The molecule has 0 saturated carbocycles. The van der Waals surface area contributed by atoms with Gasteiger partial charge in [0.2, 0.25) is 0 Å². The van der Waals surface area contributed by atoms with Crippen LogP contribution >= 0.6 is 15.9 Å². The Hall–Kier alpha value is -2.40. The summed E-state index contributed by atoms with van der Waals surface area (Å²) < 4.78 is 72.2. The van der Waals surface area contributed by atoms with Gasteiger partial charge in [-0.2, -0.15) is 13.2 Å². The molecule has 0 radical (unpaired) electrons. The Morgan fingerprint density at radius 1 is 1.31 bits per heavy atom. The van der Waals surface area contributed by atoms with Gasteiger partial charge < -0.3 is 4.74 Å². The molecule has 1 aliphatic heterocycles. The topological polar surface area (TPSA) is 74.1 Å². The summed E-state index contributed by atoms with van der Waals surface area (Å²) in [6.07, 6.45) is -1.65. The van der Waals surface area contributed by atoms with Gasteiger partial charge in [0, 0.05) is 16.9 Å². The molecule has 4 rings (SSSR count). The summed E-state index contributed by atoms with van der Waals surface area (Å²) in [7, 11) is -3.61. The highest BCUT2D eigenvalue weighted by atomic mass is 79.9. The van der Waals surface area contributed by atoms with Crippen molar-refractivity contribution in [3.05, 3.63) is 52.5 Å². The number of para-hydroxylation sites is 1. The zero-order valence-corrected chi connectivity index (χ0v) is 17.3. The molecular formula is C18H13BrF3N3O3S. The highest BCUT2D eigenvalue weighted by molar-refractivity contribution is 9.10. The van der Waals surface area contributed by atoms with Crippen molar-refractivity contribution < 1.29 is 26.3 Å². The second kappa shape index (κ2) is 6.84. The van der Waals surface area contributed by atoms with Gasteiger partial charge in [0.05, 0.1) is 21.9 Å². The van der Waals surface area contributed by atoms with Crippen molar-refractivity contribution in [1.29, 1.82) is 0 Å². The Labute approximate surface area is 172 Å². The van der Waals surface area contributed by atoms with Crippen molar-refractivity contribution in [3.8, 4) is 22.8 Å². The fourth-order valence-electron chi connectivity index (χ4n) is 3.07. The highest BCUT2D eigenvalue weighted by Gasteiger charge is 2.37. The van der Waals surface area contributed by atoms with Crippen molar-refractivity contribution >= 4 is 25.8 Å². The third-order valence-corrected chi connectivity index (χ3v) is 6.64. The molecule has 3 aromatic rings. The van der Waals surface area contributed by atoms with Crippen LogP contribution in [0, 0.1) is 0 Å². The van der Waals surface area contributed by atoms with Crippen LogP contribution in [0.4, 0.5) is 13.2 Å². The third-order valence-electron chi connectivity index (χ3n) is 4.46. The van der Waals surface area contributed by atoms with Crippen LogP contribution in [0.3, 0.4) is 0 Å². The molecule has 2 aromatic heterocycles. The van der Waals surface area contributed by atoms with Crippen LogP contribution in [0.2, 0.25) is 0 Å². The van der Waals surface area contributed by atoms with Crippen molar-refractivity contribution in [2.75, 3.05) is 5.75 Å². The lowest BCUT2D eigenvalue weighted by atomic mass is 10.1. The normalized spacial score (nSPS) is 13.6. The number of pyridine rings is 1. The molecule has 0 bridgehead atoms. The maximum Gasteiger partial charge on any atom is 0.420 e. The molecule has 0 N–H and O–H groups in total. The molecule has 152 valence electrons. The van der Waals surface area contributed by atoms with Gasteiger partial charge in [-0.15, -0.1) is 0 Å². The highest BCUT2D eigenvalue weighted by Crippen LogP contribution is 2.42. The summed E-state index contributed by atoms with van der Waals surface area (Å²) in [4.78, 5) is 8.56. The first-order valence-electron chi connectivity index (χ1n) is 8.42. The van der Waals surface area contributed by atoms with E-state index >= 15 is 0 Å². The van der Waals surface area contributed by atoms with Crippen LogP contribution in [0.1, 0.15) is 18.3 Å². The van der Waals surface area contributed by atoms with Crippen molar-refractivity contribution in [2.45, 2.75) is 24.6 Å². The predicted molar refractivity (Wildman–Crippen MR) is 102 cm³/mol. The van der Waals surface area contributed by atoms with Crippen LogP contribution in [-0.4, -0.2) is 28.7 Å². The largest absolute Gasteiger partial charge is 0.483 e. The number of hydrogen-bond acceptors (Lipinski definition) is 5. The fourth-order valence-corrected chi connectivity index (χ4v) is 4.63. The number of alkyl halides is 3. The van der Waals surface area contributed by atoms with Gasteiger partial charge in [-0.25, -0.2) is 13.4 Å². The third kappa shape index (κ3) is 3.42. The van der Waals surface area contributed by atoms with E-state index in [1.54, 1.807) is 0 Å². The summed E-state index contributed by atoms with van der Waals surface area (Å²) >= 11 is 3.22. The smallest absolute Gasteiger partial charge is 0.420 e. The van der Waals surface area contributed by atoms with E-state index in [-0.39, 0.29) is 40.1 Å². The van der Waals surface area contributed by atoms with Crippen LogP contribution in [-0.2, 0) is 22.6 Å². The standard InChI is InChI=1S/C18H13BrF3N3O3S/c1-2-29(26,27)14-6-10(19)7-23-16(14)12-8-25-13-5-3-4-11(18(20,21)22)17(13)28-9-15(25)24-12/h3-8H,2,9H2,1H3. The second-order valence-corrected chi connectivity index (χ2v) is 9.42. The van der Waals surface area contributed by atoms with Gasteiger partial charge in [0.1, 0.15) is 18.0 Å². The van der Waals surface area contributed by atoms with Crippen LogP contribution in [0.5, 0.6) is 5.75 Å². The first-order chi connectivity index (χ1) is 13.6. The second-order valence-electron chi connectivity index (χ2n) is 6.26. The van der Waals surface area contributed by atoms with E-state index in [2.05, 4.69) is 25.9 Å². The van der Waals surface area contributed by atoms with E-state index in [4.69, 9.17) is 4.74 Å². The Balaban J connectivity index is 1.90. The fraction of sp³-hybridized carbons (Fsp3) is 0.222. The number of rotatable bonds is 3. The summed E-state index contributed by atoms with van der Waals surface area (Å²) in [5.74, 6) is -0.0786. The van der Waals surface area contributed by atoms with Crippen molar-refractivity contribution in [3.63, 3.8) is 0 Å². The number of hydrogen-bond donors (Lipinski definition) is 0. The van der Waals surface area contributed by atoms with E-state index in [9.17, 15) is 21.6 Å². The SMILES string of the molecule is CCS(=O)(=O)c1cc(Br)cnc1-c1cn2c(n1)COc1c-2cccc1C(F)(F)F. The number of fused-ring (bicyclic) bond motifs is 3. The van der Waals surface area contributed by atoms with E-state index in [0.29, 0.717) is 10.3 Å². The van der Waals surface area contributed by atoms with Crippen molar-refractivity contribution in [1.82, 2.24) is 14.5 Å². The zero-order valence-electron chi connectivity index (χ0n) is 14.9. The summed E-state index contributed by atoms with van der Waals surface area (Å²) in [5.41, 5.74) is -0.345. The lowest BCUT2D eigenvalue weighted by Crippen LogP contribution is -2.17. The molecule has 1 aliphatic rings. The quantitative estimate of drug-likeness (QED) is 0.547. The Bertz CT molecular complexity index is 1220. The molecule has 29 heavy (non-hydrogen) atoms. The number of benzene rings is 1. The van der Waals surface area contributed by atoms with Crippen molar-refractivity contribution in [2.24, 2.45) is 0 Å². The minimum Gasteiger partial charge on any atom is -0.483 e. The monoisotopic (exact) mass is 487 g/mol. The van der Waals surface area contributed by atoms with Crippen LogP contribution in [0.25, 0.3) is 17.1 Å². The molecule has 0 fully saturated rings. The molecule has 0 saturated heterocycles. The lowest BCUT2D eigenvalue weighted by Gasteiger charge is -2.22. The molecule has 11 heteroatoms. The van der Waals surface area contributed by atoms with E-state index < -0.39 is 21.6 Å². The van der Waals surface area contributed by atoms with Gasteiger partial charge in [-0.05, 0) is 34.1 Å². The zero-order chi connectivity index (χ0) is 21.0. The molecule has 0 unspecified atom stereocenters. The number of aromatic nitrogens is 3. The maximum atomic E-state index is 13.3. The molecular weight excluding hydrogens is 475 g/mol. The molecule has 0 aliphatic carbocycles.